The van der Waals surface area contributed by atoms with Crippen LogP contribution in [0.5, 0.6) is 0 Å². The Balaban J connectivity index is 0.00000364. The molecule has 0 aromatic heterocycles. The molecule has 27 heavy (non-hydrogen) atoms. The van der Waals surface area contributed by atoms with Crippen molar-refractivity contribution in [2.45, 2.75) is 59.0 Å². The van der Waals surface area contributed by atoms with E-state index >= 15 is 0 Å². The molecule has 3 atom stereocenters. The standard InChI is InChI=1S/C20H40N4O2.HI/c1-5-21-20(23-17(4)7-6-16(2)3)22-14-19(18-8-11-26-15-18)24-9-12-25-13-10-24;/h16-19H,5-15H2,1-4H3,(H2,21,22,23);1H. The van der Waals surface area contributed by atoms with Crippen LogP contribution in [-0.4, -0.2) is 75.5 Å². The van der Waals surface area contributed by atoms with Gasteiger partial charge < -0.3 is 20.1 Å². The maximum Gasteiger partial charge on any atom is 0.191 e. The molecule has 0 saturated carbocycles. The van der Waals surface area contributed by atoms with Gasteiger partial charge in [0.25, 0.3) is 0 Å². The maximum absolute atomic E-state index is 5.66. The van der Waals surface area contributed by atoms with E-state index in [1.54, 1.807) is 0 Å². The summed E-state index contributed by atoms with van der Waals surface area (Å²) in [6.45, 7) is 16.1. The molecule has 0 aliphatic carbocycles. The predicted molar refractivity (Wildman–Crippen MR) is 123 cm³/mol. The Hall–Kier alpha value is -0.120. The van der Waals surface area contributed by atoms with Crippen LogP contribution in [0.15, 0.2) is 4.99 Å². The van der Waals surface area contributed by atoms with Gasteiger partial charge in [-0.3, -0.25) is 9.89 Å². The molecule has 0 radical (unpaired) electrons. The van der Waals surface area contributed by atoms with Gasteiger partial charge in [0.2, 0.25) is 0 Å². The molecule has 2 aliphatic rings. The number of nitrogens with zero attached hydrogens (tertiary/aromatic N) is 2. The minimum Gasteiger partial charge on any atom is -0.381 e. The fourth-order valence-electron chi connectivity index (χ4n) is 3.72. The summed E-state index contributed by atoms with van der Waals surface area (Å²) in [6.07, 6.45) is 3.56. The summed E-state index contributed by atoms with van der Waals surface area (Å²) in [4.78, 5) is 7.51. The summed E-state index contributed by atoms with van der Waals surface area (Å²) in [6, 6.07) is 0.884. The quantitative estimate of drug-likeness (QED) is 0.292. The Kier molecular flexibility index (Phi) is 12.9. The van der Waals surface area contributed by atoms with Crippen molar-refractivity contribution in [2.75, 3.05) is 52.6 Å². The normalized spacial score (nSPS) is 23.7. The largest absolute Gasteiger partial charge is 0.381 e. The van der Waals surface area contributed by atoms with Crippen LogP contribution in [0, 0.1) is 11.8 Å². The molecule has 7 heteroatoms. The Morgan fingerprint density at radius 2 is 1.85 bits per heavy atom. The van der Waals surface area contributed by atoms with Gasteiger partial charge >= 0.3 is 0 Å². The highest BCUT2D eigenvalue weighted by Gasteiger charge is 2.31. The molecule has 2 heterocycles. The van der Waals surface area contributed by atoms with E-state index in [9.17, 15) is 0 Å². The van der Waals surface area contributed by atoms with Crippen LogP contribution < -0.4 is 10.6 Å². The fourth-order valence-corrected chi connectivity index (χ4v) is 3.72. The summed E-state index contributed by atoms with van der Waals surface area (Å²) in [7, 11) is 0. The summed E-state index contributed by atoms with van der Waals surface area (Å²) < 4.78 is 11.2. The average Bonchev–Trinajstić information content (AvgIpc) is 3.15. The van der Waals surface area contributed by atoms with Crippen molar-refractivity contribution in [3.63, 3.8) is 0 Å². The number of guanidine groups is 1. The third kappa shape index (κ3) is 9.28. The van der Waals surface area contributed by atoms with Crippen molar-refractivity contribution in [1.82, 2.24) is 15.5 Å². The lowest BCUT2D eigenvalue weighted by Crippen LogP contribution is -2.49. The lowest BCUT2D eigenvalue weighted by Gasteiger charge is -2.36. The maximum atomic E-state index is 5.66. The molecule has 0 spiro atoms. The molecule has 160 valence electrons. The molecule has 2 fully saturated rings. The number of morpholine rings is 1. The lowest BCUT2D eigenvalue weighted by molar-refractivity contribution is 0.00368. The molecular formula is C20H41IN4O2. The fraction of sp³-hybridized carbons (Fsp3) is 0.950. The first-order valence-corrected chi connectivity index (χ1v) is 10.5. The van der Waals surface area contributed by atoms with Crippen LogP contribution in [0.2, 0.25) is 0 Å². The molecule has 0 aromatic rings. The molecule has 0 aromatic carbocycles. The number of hydrogen-bond donors (Lipinski definition) is 2. The van der Waals surface area contributed by atoms with Gasteiger partial charge in [-0.1, -0.05) is 13.8 Å². The van der Waals surface area contributed by atoms with Gasteiger partial charge in [0.05, 0.1) is 26.4 Å². The first kappa shape index (κ1) is 24.9. The second-order valence-electron chi connectivity index (χ2n) is 8.08. The Morgan fingerprint density at radius 1 is 1.11 bits per heavy atom. The zero-order valence-electron chi connectivity index (χ0n) is 17.7. The van der Waals surface area contributed by atoms with E-state index in [0.29, 0.717) is 18.0 Å². The Morgan fingerprint density at radius 3 is 2.44 bits per heavy atom. The highest BCUT2D eigenvalue weighted by Crippen LogP contribution is 2.22. The Bertz CT molecular complexity index is 411. The number of hydrogen-bond acceptors (Lipinski definition) is 4. The van der Waals surface area contributed by atoms with Crippen molar-refractivity contribution in [1.29, 1.82) is 0 Å². The molecule has 2 N–H and O–H groups in total. The van der Waals surface area contributed by atoms with E-state index in [2.05, 4.69) is 43.2 Å². The second-order valence-corrected chi connectivity index (χ2v) is 8.08. The van der Waals surface area contributed by atoms with E-state index in [4.69, 9.17) is 14.5 Å². The monoisotopic (exact) mass is 496 g/mol. The van der Waals surface area contributed by atoms with Gasteiger partial charge in [-0.05, 0) is 39.0 Å². The second kappa shape index (κ2) is 14.0. The van der Waals surface area contributed by atoms with Gasteiger partial charge in [0.1, 0.15) is 0 Å². The smallest absolute Gasteiger partial charge is 0.191 e. The summed E-state index contributed by atoms with van der Waals surface area (Å²) in [5.74, 6) is 2.27. The molecule has 2 aliphatic heterocycles. The number of aliphatic imine (C=N–C) groups is 1. The van der Waals surface area contributed by atoms with Gasteiger partial charge in [-0.2, -0.15) is 0 Å². The van der Waals surface area contributed by atoms with E-state index in [0.717, 1.165) is 70.9 Å². The highest BCUT2D eigenvalue weighted by molar-refractivity contribution is 14.0. The van der Waals surface area contributed by atoms with Crippen molar-refractivity contribution < 1.29 is 9.47 Å². The molecular weight excluding hydrogens is 455 g/mol. The van der Waals surface area contributed by atoms with Gasteiger partial charge in [0, 0.05) is 44.2 Å². The van der Waals surface area contributed by atoms with E-state index < -0.39 is 0 Å². The van der Waals surface area contributed by atoms with Gasteiger partial charge in [0.15, 0.2) is 5.96 Å². The average molecular weight is 496 g/mol. The summed E-state index contributed by atoms with van der Waals surface area (Å²) in [5.41, 5.74) is 0. The van der Waals surface area contributed by atoms with Crippen LogP contribution in [0.1, 0.15) is 47.0 Å². The summed E-state index contributed by atoms with van der Waals surface area (Å²) in [5, 5.41) is 7.00. The third-order valence-electron chi connectivity index (χ3n) is 5.36. The van der Waals surface area contributed by atoms with E-state index in [1.165, 1.54) is 12.8 Å². The first-order chi connectivity index (χ1) is 12.6. The number of ether oxygens (including phenoxy) is 2. The minimum atomic E-state index is 0. The van der Waals surface area contributed by atoms with Gasteiger partial charge in [-0.15, -0.1) is 24.0 Å². The third-order valence-corrected chi connectivity index (χ3v) is 5.36. The lowest BCUT2D eigenvalue weighted by atomic mass is 9.97. The van der Waals surface area contributed by atoms with E-state index in [1.807, 2.05) is 0 Å². The molecule has 2 rings (SSSR count). The zero-order valence-corrected chi connectivity index (χ0v) is 20.0. The van der Waals surface area contributed by atoms with Crippen LogP contribution in [0.4, 0.5) is 0 Å². The zero-order chi connectivity index (χ0) is 18.8. The predicted octanol–water partition coefficient (Wildman–Crippen LogP) is 2.72. The number of halogens is 1. The molecule has 6 nitrogen and oxygen atoms in total. The van der Waals surface area contributed by atoms with Crippen molar-refractivity contribution in [3.05, 3.63) is 0 Å². The number of nitrogens with one attached hydrogen (secondary N) is 2. The minimum absolute atomic E-state index is 0. The van der Waals surface area contributed by atoms with Crippen molar-refractivity contribution in [3.8, 4) is 0 Å². The SMILES string of the molecule is CCNC(=NCC(C1CCOC1)N1CCOCC1)NC(C)CCC(C)C.I. The van der Waals surface area contributed by atoms with Crippen LogP contribution >= 0.6 is 24.0 Å². The van der Waals surface area contributed by atoms with Crippen molar-refractivity contribution >= 4 is 29.9 Å². The molecule has 2 saturated heterocycles. The molecule has 3 unspecified atom stereocenters. The van der Waals surface area contributed by atoms with E-state index in [-0.39, 0.29) is 24.0 Å². The first-order valence-electron chi connectivity index (χ1n) is 10.5. The van der Waals surface area contributed by atoms with Crippen LogP contribution in [-0.2, 0) is 9.47 Å². The molecule has 0 bridgehead atoms. The topological polar surface area (TPSA) is 58.1 Å². The van der Waals surface area contributed by atoms with Crippen LogP contribution in [0.25, 0.3) is 0 Å². The van der Waals surface area contributed by atoms with Gasteiger partial charge in [-0.25, -0.2) is 0 Å². The van der Waals surface area contributed by atoms with Crippen LogP contribution in [0.3, 0.4) is 0 Å². The summed E-state index contributed by atoms with van der Waals surface area (Å²) >= 11 is 0. The van der Waals surface area contributed by atoms with Crippen molar-refractivity contribution in [2.24, 2.45) is 16.8 Å². The molecule has 0 amide bonds. The highest BCUT2D eigenvalue weighted by atomic mass is 127. The number of rotatable bonds is 9. The Labute approximate surface area is 183 Å².